The molecule has 1 aromatic carbocycles. The first kappa shape index (κ1) is 31.7. The summed E-state index contributed by atoms with van der Waals surface area (Å²) in [5.41, 5.74) is 0.340. The van der Waals surface area contributed by atoms with Crippen molar-refractivity contribution in [1.82, 2.24) is 20.7 Å². The van der Waals surface area contributed by atoms with Crippen molar-refractivity contribution in [3.8, 4) is 17.0 Å². The van der Waals surface area contributed by atoms with Crippen LogP contribution in [-0.2, 0) is 14.4 Å². The van der Waals surface area contributed by atoms with Gasteiger partial charge in [0.1, 0.15) is 11.4 Å². The molecule has 0 aliphatic carbocycles. The Kier molecular flexibility index (Phi) is 12.5. The van der Waals surface area contributed by atoms with Crippen molar-refractivity contribution in [3.63, 3.8) is 0 Å². The summed E-state index contributed by atoms with van der Waals surface area (Å²) < 4.78 is 5.12. The van der Waals surface area contributed by atoms with E-state index in [0.717, 1.165) is 19.3 Å². The Labute approximate surface area is 231 Å². The van der Waals surface area contributed by atoms with Crippen molar-refractivity contribution < 1.29 is 44.1 Å². The number of carboxylic acids is 2. The van der Waals surface area contributed by atoms with Crippen LogP contribution in [0.1, 0.15) is 66.8 Å². The number of aliphatic carboxylic acids is 1. The Bertz CT molecular complexity index is 1200. The molecule has 2 aromatic rings. The van der Waals surface area contributed by atoms with Crippen LogP contribution in [0.25, 0.3) is 11.3 Å². The third-order valence-corrected chi connectivity index (χ3v) is 6.09. The number of unbranched alkanes of at least 4 members (excludes halogenated alkanes) is 2. The average Bonchev–Trinajstić information content (AvgIpc) is 2.95. The van der Waals surface area contributed by atoms with Gasteiger partial charge < -0.3 is 25.6 Å². The van der Waals surface area contributed by atoms with Gasteiger partial charge in [-0.2, -0.15) is 0 Å². The zero-order valence-corrected chi connectivity index (χ0v) is 22.3. The van der Waals surface area contributed by atoms with E-state index in [1.165, 1.54) is 30.3 Å². The average molecular weight is 559 g/mol. The van der Waals surface area contributed by atoms with Gasteiger partial charge in [0.2, 0.25) is 12.3 Å². The predicted molar refractivity (Wildman–Crippen MR) is 142 cm³/mol. The van der Waals surface area contributed by atoms with E-state index in [9.17, 15) is 34.3 Å². The van der Waals surface area contributed by atoms with E-state index in [2.05, 4.69) is 15.6 Å². The summed E-state index contributed by atoms with van der Waals surface area (Å²) in [6.45, 7) is 2.86. The molecule has 2 rings (SSSR count). The Morgan fingerprint density at radius 3 is 2.45 bits per heavy atom. The van der Waals surface area contributed by atoms with E-state index in [4.69, 9.17) is 9.84 Å². The van der Waals surface area contributed by atoms with Crippen LogP contribution in [0.5, 0.6) is 5.75 Å². The summed E-state index contributed by atoms with van der Waals surface area (Å²) in [6, 6.07) is 7.69. The van der Waals surface area contributed by atoms with Crippen molar-refractivity contribution in [1.29, 1.82) is 0 Å². The lowest BCUT2D eigenvalue weighted by Crippen LogP contribution is -2.47. The van der Waals surface area contributed by atoms with Gasteiger partial charge in [0.05, 0.1) is 29.9 Å². The van der Waals surface area contributed by atoms with Crippen molar-refractivity contribution in [3.05, 3.63) is 47.7 Å². The van der Waals surface area contributed by atoms with Crippen LogP contribution in [0.3, 0.4) is 0 Å². The van der Waals surface area contributed by atoms with Gasteiger partial charge in [0.15, 0.2) is 6.61 Å². The Morgan fingerprint density at radius 2 is 1.82 bits per heavy atom. The summed E-state index contributed by atoms with van der Waals surface area (Å²) >= 11 is 0. The molecule has 0 saturated carbocycles. The molecule has 216 valence electrons. The summed E-state index contributed by atoms with van der Waals surface area (Å²) in [6.07, 6.45) is 3.62. The van der Waals surface area contributed by atoms with Gasteiger partial charge in [-0.1, -0.05) is 39.2 Å². The molecule has 2 atom stereocenters. The molecule has 0 radical (unpaired) electrons. The minimum Gasteiger partial charge on any atom is -0.482 e. The number of aromatic carboxylic acids is 1. The zero-order valence-electron chi connectivity index (χ0n) is 22.3. The highest BCUT2D eigenvalue weighted by atomic mass is 16.5. The Balaban J connectivity index is 2.14. The van der Waals surface area contributed by atoms with E-state index in [-0.39, 0.29) is 41.3 Å². The molecule has 1 heterocycles. The fourth-order valence-electron chi connectivity index (χ4n) is 4.10. The molecule has 13 nitrogen and oxygen atoms in total. The minimum atomic E-state index is -1.26. The van der Waals surface area contributed by atoms with Crippen LogP contribution in [-0.4, -0.2) is 74.9 Å². The van der Waals surface area contributed by atoms with Gasteiger partial charge in [-0.25, -0.2) is 19.6 Å². The fourth-order valence-corrected chi connectivity index (χ4v) is 4.10. The first-order valence-electron chi connectivity index (χ1n) is 12.8. The molecule has 0 saturated heterocycles. The number of aromatic nitrogens is 1. The number of ether oxygens (including phenoxy) is 1. The van der Waals surface area contributed by atoms with Crippen LogP contribution >= 0.6 is 0 Å². The summed E-state index contributed by atoms with van der Waals surface area (Å²) in [4.78, 5) is 63.4. The summed E-state index contributed by atoms with van der Waals surface area (Å²) in [5, 5.41) is 33.9. The van der Waals surface area contributed by atoms with Gasteiger partial charge >= 0.3 is 11.9 Å². The molecule has 5 N–H and O–H groups in total. The molecule has 0 aliphatic rings. The lowest BCUT2D eigenvalue weighted by atomic mass is 9.90. The second-order valence-electron chi connectivity index (χ2n) is 8.93. The second kappa shape index (κ2) is 15.8. The van der Waals surface area contributed by atoms with Crippen LogP contribution in [0.2, 0.25) is 0 Å². The van der Waals surface area contributed by atoms with E-state index in [0.29, 0.717) is 17.9 Å². The van der Waals surface area contributed by atoms with Crippen molar-refractivity contribution in [2.75, 3.05) is 13.3 Å². The van der Waals surface area contributed by atoms with Crippen molar-refractivity contribution in [2.45, 2.75) is 52.0 Å². The quantitative estimate of drug-likeness (QED) is 0.0633. The fraction of sp³-hybridized carbons (Fsp3) is 0.407. The molecule has 0 aliphatic heterocycles. The van der Waals surface area contributed by atoms with Crippen molar-refractivity contribution >= 4 is 30.2 Å². The number of carboxylic acid groups (broad SMARTS) is 2. The van der Waals surface area contributed by atoms with Gasteiger partial charge in [0.25, 0.3) is 5.91 Å². The van der Waals surface area contributed by atoms with Crippen LogP contribution in [0, 0.1) is 5.92 Å². The molecular formula is C27H34N4O9. The summed E-state index contributed by atoms with van der Waals surface area (Å²) in [5.74, 6) is -4.21. The maximum atomic E-state index is 12.9. The maximum absolute atomic E-state index is 12.9. The van der Waals surface area contributed by atoms with Gasteiger partial charge in [-0.3, -0.25) is 19.6 Å². The van der Waals surface area contributed by atoms with E-state index in [1.807, 2.05) is 6.92 Å². The number of pyridine rings is 1. The van der Waals surface area contributed by atoms with Crippen LogP contribution in [0.15, 0.2) is 36.4 Å². The molecule has 0 fully saturated rings. The Morgan fingerprint density at radius 1 is 1.07 bits per heavy atom. The van der Waals surface area contributed by atoms with Crippen molar-refractivity contribution in [2.24, 2.45) is 5.92 Å². The number of nitrogens with zero attached hydrogens (tertiary/aromatic N) is 2. The highest BCUT2D eigenvalue weighted by Gasteiger charge is 2.30. The molecule has 2 unspecified atom stereocenters. The molecule has 0 spiro atoms. The second-order valence-corrected chi connectivity index (χ2v) is 8.93. The first-order valence-corrected chi connectivity index (χ1v) is 12.8. The molecule has 1 aromatic heterocycles. The summed E-state index contributed by atoms with van der Waals surface area (Å²) in [7, 11) is 0. The monoisotopic (exact) mass is 558 g/mol. The molecule has 13 heteroatoms. The van der Waals surface area contributed by atoms with E-state index >= 15 is 0 Å². The number of amides is 3. The number of hydroxylamine groups is 2. The van der Waals surface area contributed by atoms with E-state index in [1.54, 1.807) is 13.0 Å². The molecule has 40 heavy (non-hydrogen) atoms. The van der Waals surface area contributed by atoms with Crippen LogP contribution in [0.4, 0.5) is 0 Å². The first-order chi connectivity index (χ1) is 19.1. The van der Waals surface area contributed by atoms with Gasteiger partial charge in [0, 0.05) is 5.56 Å². The van der Waals surface area contributed by atoms with Crippen LogP contribution < -0.4 is 15.4 Å². The normalized spacial score (nSPS) is 12.1. The smallest absolute Gasteiger partial charge is 0.341 e. The minimum absolute atomic E-state index is 0.00608. The van der Waals surface area contributed by atoms with Gasteiger partial charge in [-0.05, 0) is 43.2 Å². The number of nitrogens with one attached hydrogen (secondary N) is 2. The number of benzene rings is 1. The number of hydrogen-bond donors (Lipinski definition) is 5. The largest absolute Gasteiger partial charge is 0.482 e. The predicted octanol–water partition coefficient (Wildman–Crippen LogP) is 2.54. The number of hydrogen-bond acceptors (Lipinski definition) is 8. The standard InChI is InChI=1S/C27H34N4O9/c1-3-5-6-8-20(23(4-2)31(39)16-32)25(35)28-15-29-26(36)22-10-7-9-21(30-22)17-11-18(27(37)38)13-19(12-17)40-14-24(33)34/h7,9-13,16,20,23,39H,3-6,8,14-15H2,1-2H3,(H,28,35)(H,29,36)(H,33,34)(H,37,38). The highest BCUT2D eigenvalue weighted by molar-refractivity contribution is 5.93. The van der Waals surface area contributed by atoms with E-state index < -0.39 is 42.3 Å². The number of carbonyl (C=O) groups is 5. The third kappa shape index (κ3) is 9.34. The zero-order chi connectivity index (χ0) is 29.7. The number of carbonyl (C=O) groups excluding carboxylic acids is 3. The SMILES string of the molecule is CCCCCC(C(=O)NCNC(=O)c1cccc(-c2cc(OCC(=O)O)cc(C(=O)O)c2)n1)C(CC)N(O)C=O. The topological polar surface area (TPSA) is 195 Å². The lowest BCUT2D eigenvalue weighted by Gasteiger charge is -2.29. The third-order valence-electron chi connectivity index (χ3n) is 6.09. The number of rotatable bonds is 17. The lowest BCUT2D eigenvalue weighted by molar-refractivity contribution is -0.168. The Hall–Kier alpha value is -4.52. The molecular weight excluding hydrogens is 524 g/mol. The molecule has 3 amide bonds. The highest BCUT2D eigenvalue weighted by Crippen LogP contribution is 2.26. The maximum Gasteiger partial charge on any atom is 0.341 e. The van der Waals surface area contributed by atoms with Gasteiger partial charge in [-0.15, -0.1) is 0 Å². The molecule has 0 bridgehead atoms.